The molecule has 3 nitrogen and oxygen atoms in total. The fourth-order valence-corrected chi connectivity index (χ4v) is 2.16. The predicted octanol–water partition coefficient (Wildman–Crippen LogP) is 3.32. The first-order chi connectivity index (χ1) is 8.56. The lowest BCUT2D eigenvalue weighted by Crippen LogP contribution is -2.23. The lowest BCUT2D eigenvalue weighted by atomic mass is 10.1. The fourth-order valence-electron chi connectivity index (χ4n) is 1.81. The number of aryl methyl sites for hydroxylation is 2. The molecule has 0 saturated heterocycles. The minimum Gasteiger partial charge on any atom is -0.356 e. The van der Waals surface area contributed by atoms with E-state index in [1.165, 1.54) is 11.1 Å². The second-order valence-electron chi connectivity index (χ2n) is 4.34. The Hall–Kier alpha value is -1.55. The van der Waals surface area contributed by atoms with Crippen LogP contribution in [0.1, 0.15) is 27.2 Å². The number of hydrogen-bond donors (Lipinski definition) is 2. The van der Waals surface area contributed by atoms with Crippen molar-refractivity contribution in [1.29, 1.82) is 0 Å². The Morgan fingerprint density at radius 3 is 2.72 bits per heavy atom. The first-order valence-electron chi connectivity index (χ1n) is 5.74. The molecule has 4 heteroatoms. The normalized spacial score (nSPS) is 10.4. The molecule has 0 atom stereocenters. The van der Waals surface area contributed by atoms with Gasteiger partial charge in [0.1, 0.15) is 5.69 Å². The molecule has 2 N–H and O–H groups in total. The molecule has 18 heavy (non-hydrogen) atoms. The minimum atomic E-state index is -0.0966. The third kappa shape index (κ3) is 3.01. The number of aromatic nitrogens is 1. The van der Waals surface area contributed by atoms with Gasteiger partial charge in [0, 0.05) is 17.2 Å². The molecule has 0 aliphatic rings. The molecule has 1 aromatic heterocycles. The van der Waals surface area contributed by atoms with Crippen LogP contribution in [0.3, 0.4) is 0 Å². The molecule has 2 aromatic rings. The number of H-pyrrole nitrogens is 1. The van der Waals surface area contributed by atoms with E-state index in [4.69, 9.17) is 0 Å². The molecule has 1 heterocycles. The molecule has 0 aliphatic heterocycles. The van der Waals surface area contributed by atoms with Crippen LogP contribution in [-0.2, 0) is 6.54 Å². The van der Waals surface area contributed by atoms with Crippen molar-refractivity contribution in [1.82, 2.24) is 10.3 Å². The number of nitrogens with one attached hydrogen (secondary N) is 2. The van der Waals surface area contributed by atoms with Crippen LogP contribution in [0.15, 0.2) is 34.9 Å². The first kappa shape index (κ1) is 12.9. The van der Waals surface area contributed by atoms with E-state index in [1.54, 1.807) is 12.3 Å². The van der Waals surface area contributed by atoms with Gasteiger partial charge >= 0.3 is 0 Å². The van der Waals surface area contributed by atoms with Gasteiger partial charge in [0.15, 0.2) is 0 Å². The summed E-state index contributed by atoms with van der Waals surface area (Å²) in [5.41, 5.74) is 4.13. The molecule has 0 fully saturated rings. The van der Waals surface area contributed by atoms with E-state index < -0.39 is 0 Å². The Kier molecular flexibility index (Phi) is 3.87. The van der Waals surface area contributed by atoms with Gasteiger partial charge in [-0.2, -0.15) is 0 Å². The lowest BCUT2D eigenvalue weighted by molar-refractivity contribution is 0.0946. The van der Waals surface area contributed by atoms with Crippen LogP contribution in [0.25, 0.3) is 0 Å². The van der Waals surface area contributed by atoms with Crippen LogP contribution in [0, 0.1) is 13.8 Å². The number of halogens is 1. The average Bonchev–Trinajstić information content (AvgIpc) is 2.74. The van der Waals surface area contributed by atoms with E-state index >= 15 is 0 Å². The minimum absolute atomic E-state index is 0.0966. The largest absolute Gasteiger partial charge is 0.356 e. The summed E-state index contributed by atoms with van der Waals surface area (Å²) >= 11 is 3.30. The van der Waals surface area contributed by atoms with Crippen LogP contribution in [0.2, 0.25) is 0 Å². The molecule has 0 radical (unpaired) electrons. The summed E-state index contributed by atoms with van der Waals surface area (Å²) in [5.74, 6) is -0.0966. The van der Waals surface area contributed by atoms with Crippen molar-refractivity contribution in [3.8, 4) is 0 Å². The SMILES string of the molecule is Cc1ccc(CNC(=O)c2cc(Br)c[nH]2)c(C)c1. The Morgan fingerprint density at radius 2 is 2.11 bits per heavy atom. The number of carbonyl (C=O) groups excluding carboxylic acids is 1. The highest BCUT2D eigenvalue weighted by Crippen LogP contribution is 2.12. The number of aromatic amines is 1. The Morgan fingerprint density at radius 1 is 1.33 bits per heavy atom. The number of rotatable bonds is 3. The first-order valence-corrected chi connectivity index (χ1v) is 6.54. The van der Waals surface area contributed by atoms with Gasteiger partial charge in [-0.1, -0.05) is 23.8 Å². The fraction of sp³-hybridized carbons (Fsp3) is 0.214. The van der Waals surface area contributed by atoms with Gasteiger partial charge in [-0.3, -0.25) is 4.79 Å². The summed E-state index contributed by atoms with van der Waals surface area (Å²) in [6.45, 7) is 4.66. The van der Waals surface area contributed by atoms with Crippen LogP contribution in [0.4, 0.5) is 0 Å². The van der Waals surface area contributed by atoms with Gasteiger partial charge in [0.25, 0.3) is 5.91 Å². The van der Waals surface area contributed by atoms with Gasteiger partial charge in [0.2, 0.25) is 0 Å². The Bertz CT molecular complexity index is 575. The van der Waals surface area contributed by atoms with E-state index in [1.807, 2.05) is 0 Å². The molecule has 94 valence electrons. The standard InChI is InChI=1S/C14H15BrN2O/c1-9-3-4-11(10(2)5-9)7-17-14(18)13-6-12(15)8-16-13/h3-6,8,16H,7H2,1-2H3,(H,17,18). The maximum atomic E-state index is 11.8. The summed E-state index contributed by atoms with van der Waals surface area (Å²) < 4.78 is 0.874. The van der Waals surface area contributed by atoms with Crippen molar-refractivity contribution in [2.75, 3.05) is 0 Å². The van der Waals surface area contributed by atoms with Crippen molar-refractivity contribution in [3.63, 3.8) is 0 Å². The summed E-state index contributed by atoms with van der Waals surface area (Å²) in [5, 5.41) is 2.90. The van der Waals surface area contributed by atoms with Crippen molar-refractivity contribution in [3.05, 3.63) is 57.3 Å². The zero-order chi connectivity index (χ0) is 13.1. The third-order valence-corrected chi connectivity index (χ3v) is 3.29. The molecule has 0 saturated carbocycles. The maximum Gasteiger partial charge on any atom is 0.267 e. The van der Waals surface area contributed by atoms with E-state index in [0.717, 1.165) is 10.0 Å². The highest BCUT2D eigenvalue weighted by molar-refractivity contribution is 9.10. The van der Waals surface area contributed by atoms with Crippen molar-refractivity contribution in [2.45, 2.75) is 20.4 Å². The molecular weight excluding hydrogens is 292 g/mol. The van der Waals surface area contributed by atoms with Gasteiger partial charge in [-0.25, -0.2) is 0 Å². The van der Waals surface area contributed by atoms with Crippen molar-refractivity contribution < 1.29 is 4.79 Å². The zero-order valence-electron chi connectivity index (χ0n) is 10.4. The molecule has 0 spiro atoms. The predicted molar refractivity (Wildman–Crippen MR) is 75.6 cm³/mol. The topological polar surface area (TPSA) is 44.9 Å². The number of hydrogen-bond acceptors (Lipinski definition) is 1. The zero-order valence-corrected chi connectivity index (χ0v) is 12.0. The smallest absolute Gasteiger partial charge is 0.267 e. The molecule has 1 aromatic carbocycles. The molecule has 0 unspecified atom stereocenters. The summed E-state index contributed by atoms with van der Waals surface area (Å²) in [7, 11) is 0. The monoisotopic (exact) mass is 306 g/mol. The van der Waals surface area contributed by atoms with E-state index in [2.05, 4.69) is 58.3 Å². The van der Waals surface area contributed by atoms with E-state index in [9.17, 15) is 4.79 Å². The van der Waals surface area contributed by atoms with Crippen molar-refractivity contribution in [2.24, 2.45) is 0 Å². The summed E-state index contributed by atoms with van der Waals surface area (Å²) in [4.78, 5) is 14.8. The molecule has 2 rings (SSSR count). The molecule has 0 bridgehead atoms. The van der Waals surface area contributed by atoms with Gasteiger partial charge in [-0.15, -0.1) is 0 Å². The summed E-state index contributed by atoms with van der Waals surface area (Å²) in [6.07, 6.45) is 1.74. The van der Waals surface area contributed by atoms with Crippen LogP contribution >= 0.6 is 15.9 Å². The average molecular weight is 307 g/mol. The second kappa shape index (κ2) is 5.40. The van der Waals surface area contributed by atoms with Gasteiger partial charge < -0.3 is 10.3 Å². The van der Waals surface area contributed by atoms with Crippen LogP contribution in [-0.4, -0.2) is 10.9 Å². The Balaban J connectivity index is 2.01. The molecule has 0 aliphatic carbocycles. The highest BCUT2D eigenvalue weighted by atomic mass is 79.9. The number of amides is 1. The van der Waals surface area contributed by atoms with Gasteiger partial charge in [-0.05, 0) is 47.0 Å². The number of benzene rings is 1. The van der Waals surface area contributed by atoms with Crippen LogP contribution < -0.4 is 5.32 Å². The summed E-state index contributed by atoms with van der Waals surface area (Å²) in [6, 6.07) is 7.99. The third-order valence-electron chi connectivity index (χ3n) is 2.83. The quantitative estimate of drug-likeness (QED) is 0.897. The van der Waals surface area contributed by atoms with Crippen molar-refractivity contribution >= 4 is 21.8 Å². The maximum absolute atomic E-state index is 11.8. The van der Waals surface area contributed by atoms with E-state index in [0.29, 0.717) is 12.2 Å². The van der Waals surface area contributed by atoms with E-state index in [-0.39, 0.29) is 5.91 Å². The highest BCUT2D eigenvalue weighted by Gasteiger charge is 2.08. The molecule has 1 amide bonds. The lowest BCUT2D eigenvalue weighted by Gasteiger charge is -2.08. The molecular formula is C14H15BrN2O. The Labute approximate surface area is 115 Å². The van der Waals surface area contributed by atoms with Gasteiger partial charge in [0.05, 0.1) is 0 Å². The second-order valence-corrected chi connectivity index (χ2v) is 5.26. The number of carbonyl (C=O) groups is 1. The van der Waals surface area contributed by atoms with Crippen LogP contribution in [0.5, 0.6) is 0 Å².